The normalized spacial score (nSPS) is 25.4. The highest BCUT2D eigenvalue weighted by molar-refractivity contribution is 5.84. The maximum Gasteiger partial charge on any atom is 0.252 e. The average molecular weight is 209 g/mol. The number of hydrogen-bond donors (Lipinski definition) is 2. The molecule has 1 aromatic rings. The van der Waals surface area contributed by atoms with E-state index in [9.17, 15) is 4.79 Å². The van der Waals surface area contributed by atoms with Gasteiger partial charge in [0.1, 0.15) is 11.4 Å². The first-order valence-corrected chi connectivity index (χ1v) is 5.11. The van der Waals surface area contributed by atoms with Crippen LogP contribution in [0.2, 0.25) is 0 Å². The largest absolute Gasteiger partial charge is 0.365 e. The summed E-state index contributed by atoms with van der Waals surface area (Å²) in [7, 11) is 0. The first kappa shape index (κ1) is 10.2. The zero-order chi connectivity index (χ0) is 10.7. The Morgan fingerprint density at radius 1 is 1.80 bits per heavy atom. The van der Waals surface area contributed by atoms with Crippen LogP contribution >= 0.6 is 0 Å². The van der Waals surface area contributed by atoms with Crippen LogP contribution in [-0.4, -0.2) is 28.1 Å². The zero-order valence-corrected chi connectivity index (χ0v) is 8.75. The number of ether oxygens (including phenoxy) is 1. The SMILES string of the molecule is CC1(C(=O)NCc2ncc[nH]2)CCCO1. The van der Waals surface area contributed by atoms with Crippen molar-refractivity contribution in [1.29, 1.82) is 0 Å². The van der Waals surface area contributed by atoms with Gasteiger partial charge in [0.05, 0.1) is 6.54 Å². The van der Waals surface area contributed by atoms with Gasteiger partial charge in [-0.25, -0.2) is 4.98 Å². The van der Waals surface area contributed by atoms with Crippen molar-refractivity contribution in [2.24, 2.45) is 0 Å². The molecule has 15 heavy (non-hydrogen) atoms. The molecule has 2 rings (SSSR count). The third kappa shape index (κ3) is 2.18. The number of aromatic nitrogens is 2. The fourth-order valence-corrected chi connectivity index (χ4v) is 1.70. The molecule has 0 saturated carbocycles. The highest BCUT2D eigenvalue weighted by Crippen LogP contribution is 2.24. The van der Waals surface area contributed by atoms with E-state index in [0.717, 1.165) is 18.7 Å². The third-order valence-corrected chi connectivity index (χ3v) is 2.67. The van der Waals surface area contributed by atoms with Gasteiger partial charge in [0.25, 0.3) is 5.91 Å². The van der Waals surface area contributed by atoms with Gasteiger partial charge in [-0.05, 0) is 19.8 Å². The zero-order valence-electron chi connectivity index (χ0n) is 8.75. The molecule has 0 spiro atoms. The molecular formula is C10H15N3O2. The summed E-state index contributed by atoms with van der Waals surface area (Å²) in [5.74, 6) is 0.696. The van der Waals surface area contributed by atoms with Gasteiger partial charge in [-0.3, -0.25) is 4.79 Å². The predicted molar refractivity (Wildman–Crippen MR) is 54.0 cm³/mol. The molecule has 0 radical (unpaired) electrons. The van der Waals surface area contributed by atoms with E-state index in [1.165, 1.54) is 0 Å². The number of carbonyl (C=O) groups is 1. The maximum atomic E-state index is 11.8. The number of imidazole rings is 1. The Morgan fingerprint density at radius 2 is 2.67 bits per heavy atom. The Balaban J connectivity index is 1.87. The molecule has 1 amide bonds. The Labute approximate surface area is 88.2 Å². The van der Waals surface area contributed by atoms with E-state index in [4.69, 9.17) is 4.74 Å². The molecule has 1 atom stereocenters. The van der Waals surface area contributed by atoms with Crippen molar-refractivity contribution >= 4 is 5.91 Å². The fraction of sp³-hybridized carbons (Fsp3) is 0.600. The van der Waals surface area contributed by atoms with Crippen LogP contribution in [0.15, 0.2) is 12.4 Å². The number of nitrogens with one attached hydrogen (secondary N) is 2. The summed E-state index contributed by atoms with van der Waals surface area (Å²) < 4.78 is 5.43. The van der Waals surface area contributed by atoms with Crippen LogP contribution < -0.4 is 5.32 Å². The van der Waals surface area contributed by atoms with Crippen molar-refractivity contribution in [3.8, 4) is 0 Å². The summed E-state index contributed by atoms with van der Waals surface area (Å²) in [4.78, 5) is 18.7. The number of carbonyl (C=O) groups excluding carboxylic acids is 1. The Hall–Kier alpha value is -1.36. The Morgan fingerprint density at radius 3 is 3.27 bits per heavy atom. The van der Waals surface area contributed by atoms with Gasteiger partial charge in [0.2, 0.25) is 0 Å². The molecular weight excluding hydrogens is 194 g/mol. The lowest BCUT2D eigenvalue weighted by atomic mass is 10.0. The van der Waals surface area contributed by atoms with Crippen molar-refractivity contribution in [1.82, 2.24) is 15.3 Å². The molecule has 5 heteroatoms. The summed E-state index contributed by atoms with van der Waals surface area (Å²) in [5.41, 5.74) is -0.646. The molecule has 0 aliphatic carbocycles. The summed E-state index contributed by atoms with van der Waals surface area (Å²) in [6, 6.07) is 0. The fourth-order valence-electron chi connectivity index (χ4n) is 1.70. The quantitative estimate of drug-likeness (QED) is 0.765. The van der Waals surface area contributed by atoms with Crippen LogP contribution in [-0.2, 0) is 16.1 Å². The van der Waals surface area contributed by atoms with Crippen molar-refractivity contribution in [2.45, 2.75) is 31.9 Å². The van der Waals surface area contributed by atoms with E-state index >= 15 is 0 Å². The Bertz CT molecular complexity index is 328. The van der Waals surface area contributed by atoms with Gasteiger partial charge in [0, 0.05) is 19.0 Å². The van der Waals surface area contributed by atoms with Gasteiger partial charge in [0.15, 0.2) is 0 Å². The molecule has 1 aliphatic heterocycles. The minimum Gasteiger partial charge on any atom is -0.365 e. The monoisotopic (exact) mass is 209 g/mol. The molecule has 1 aromatic heterocycles. The molecule has 0 aromatic carbocycles. The first-order chi connectivity index (χ1) is 7.21. The second-order valence-electron chi connectivity index (χ2n) is 3.90. The van der Waals surface area contributed by atoms with Crippen LogP contribution in [0.4, 0.5) is 0 Å². The van der Waals surface area contributed by atoms with Crippen molar-refractivity contribution in [3.63, 3.8) is 0 Å². The van der Waals surface area contributed by atoms with E-state index in [1.807, 2.05) is 6.92 Å². The third-order valence-electron chi connectivity index (χ3n) is 2.67. The second kappa shape index (κ2) is 4.02. The van der Waals surface area contributed by atoms with Gasteiger partial charge in [-0.1, -0.05) is 0 Å². The summed E-state index contributed by atoms with van der Waals surface area (Å²) >= 11 is 0. The van der Waals surface area contributed by atoms with E-state index in [-0.39, 0.29) is 5.91 Å². The van der Waals surface area contributed by atoms with Gasteiger partial charge in [-0.2, -0.15) is 0 Å². The topological polar surface area (TPSA) is 67.0 Å². The van der Waals surface area contributed by atoms with Crippen LogP contribution in [0.5, 0.6) is 0 Å². The number of amides is 1. The van der Waals surface area contributed by atoms with Crippen LogP contribution in [0.1, 0.15) is 25.6 Å². The molecule has 1 saturated heterocycles. The van der Waals surface area contributed by atoms with Gasteiger partial charge >= 0.3 is 0 Å². The molecule has 0 bridgehead atoms. The predicted octanol–water partition coefficient (Wildman–Crippen LogP) is 0.595. The molecule has 2 N–H and O–H groups in total. The number of hydrogen-bond acceptors (Lipinski definition) is 3. The molecule has 5 nitrogen and oxygen atoms in total. The molecule has 82 valence electrons. The molecule has 2 heterocycles. The van der Waals surface area contributed by atoms with E-state index in [0.29, 0.717) is 13.2 Å². The van der Waals surface area contributed by atoms with E-state index in [1.54, 1.807) is 12.4 Å². The lowest BCUT2D eigenvalue weighted by Crippen LogP contribution is -2.43. The van der Waals surface area contributed by atoms with Gasteiger partial charge < -0.3 is 15.0 Å². The lowest BCUT2D eigenvalue weighted by molar-refractivity contribution is -0.139. The van der Waals surface area contributed by atoms with Crippen molar-refractivity contribution in [2.75, 3.05) is 6.61 Å². The first-order valence-electron chi connectivity index (χ1n) is 5.11. The molecule has 1 unspecified atom stereocenters. The highest BCUT2D eigenvalue weighted by Gasteiger charge is 2.37. The summed E-state index contributed by atoms with van der Waals surface area (Å²) in [6.07, 6.45) is 5.13. The van der Waals surface area contributed by atoms with Crippen molar-refractivity contribution in [3.05, 3.63) is 18.2 Å². The number of aromatic amines is 1. The Kier molecular flexibility index (Phi) is 2.73. The summed E-state index contributed by atoms with van der Waals surface area (Å²) in [6.45, 7) is 2.92. The summed E-state index contributed by atoms with van der Waals surface area (Å²) in [5, 5.41) is 2.81. The maximum absolute atomic E-state index is 11.8. The number of nitrogens with zero attached hydrogens (tertiary/aromatic N) is 1. The minimum absolute atomic E-state index is 0.0589. The molecule has 1 fully saturated rings. The number of H-pyrrole nitrogens is 1. The van der Waals surface area contributed by atoms with Crippen molar-refractivity contribution < 1.29 is 9.53 Å². The van der Waals surface area contributed by atoms with Crippen LogP contribution in [0.25, 0.3) is 0 Å². The average Bonchev–Trinajstić information content (AvgIpc) is 2.85. The standard InChI is InChI=1S/C10H15N3O2/c1-10(3-2-6-15-10)9(14)13-7-8-11-4-5-12-8/h4-5H,2-3,6-7H2,1H3,(H,11,12)(H,13,14). The highest BCUT2D eigenvalue weighted by atomic mass is 16.5. The number of rotatable bonds is 3. The van der Waals surface area contributed by atoms with E-state index in [2.05, 4.69) is 15.3 Å². The molecule has 1 aliphatic rings. The minimum atomic E-state index is -0.646. The second-order valence-corrected chi connectivity index (χ2v) is 3.90. The van der Waals surface area contributed by atoms with Crippen LogP contribution in [0, 0.1) is 0 Å². The van der Waals surface area contributed by atoms with Gasteiger partial charge in [-0.15, -0.1) is 0 Å². The lowest BCUT2D eigenvalue weighted by Gasteiger charge is -2.21. The van der Waals surface area contributed by atoms with E-state index < -0.39 is 5.60 Å². The van der Waals surface area contributed by atoms with Crippen LogP contribution in [0.3, 0.4) is 0 Å². The smallest absolute Gasteiger partial charge is 0.252 e.